The third-order valence-corrected chi connectivity index (χ3v) is 5.18. The largest absolute Gasteiger partial charge is 0.335 e. The molecule has 1 saturated heterocycles. The molecule has 2 heterocycles. The van der Waals surface area contributed by atoms with Crippen molar-refractivity contribution in [3.63, 3.8) is 0 Å². The summed E-state index contributed by atoms with van der Waals surface area (Å²) in [5.74, 6) is 0.195. The second-order valence-corrected chi connectivity index (χ2v) is 6.84. The minimum atomic E-state index is 0. The fraction of sp³-hybridized carbons (Fsp3) is 0.750. The predicted octanol–water partition coefficient (Wildman–Crippen LogP) is 3.85. The van der Waals surface area contributed by atoms with Crippen molar-refractivity contribution >= 4 is 42.1 Å². The van der Waals surface area contributed by atoms with E-state index < -0.39 is 0 Å². The Kier molecular flexibility index (Phi) is 11.1. The summed E-state index contributed by atoms with van der Waals surface area (Å²) in [6.07, 6.45) is 5.18. The van der Waals surface area contributed by atoms with Gasteiger partial charge in [-0.15, -0.1) is 36.2 Å². The number of hydrogen-bond acceptors (Lipinski definition) is 4. The highest BCUT2D eigenvalue weighted by atomic mass is 35.5. The van der Waals surface area contributed by atoms with E-state index in [4.69, 9.17) is 0 Å². The Morgan fingerprint density at radius 3 is 2.48 bits per heavy atom. The summed E-state index contributed by atoms with van der Waals surface area (Å²) in [7, 11) is 0. The number of carbonyl (C=O) groups is 1. The van der Waals surface area contributed by atoms with Crippen LogP contribution in [-0.2, 0) is 6.42 Å². The maximum absolute atomic E-state index is 12.9. The normalized spacial score (nSPS) is 14.7. The van der Waals surface area contributed by atoms with E-state index >= 15 is 0 Å². The van der Waals surface area contributed by atoms with Crippen LogP contribution in [0.4, 0.5) is 0 Å². The summed E-state index contributed by atoms with van der Waals surface area (Å²) in [5, 5.41) is 4.47. The number of aryl methyl sites for hydroxylation is 2. The van der Waals surface area contributed by atoms with E-state index in [1.54, 1.807) is 11.3 Å². The number of piperidine rings is 1. The lowest BCUT2D eigenvalue weighted by atomic mass is 10.0. The third-order valence-electron chi connectivity index (χ3n) is 3.97. The lowest BCUT2D eigenvalue weighted by molar-refractivity contribution is 0.0646. The number of aromatic nitrogens is 1. The van der Waals surface area contributed by atoms with Crippen LogP contribution in [0.5, 0.6) is 0 Å². The summed E-state index contributed by atoms with van der Waals surface area (Å²) in [5.41, 5.74) is 0.906. The smallest absolute Gasteiger partial charge is 0.266 e. The zero-order chi connectivity index (χ0) is 15.2. The van der Waals surface area contributed by atoms with Gasteiger partial charge >= 0.3 is 0 Å². The van der Waals surface area contributed by atoms with E-state index in [-0.39, 0.29) is 30.7 Å². The van der Waals surface area contributed by atoms with E-state index in [9.17, 15) is 4.79 Å². The highest BCUT2D eigenvalue weighted by Crippen LogP contribution is 2.24. The lowest BCUT2D eigenvalue weighted by Crippen LogP contribution is -2.46. The molecule has 1 fully saturated rings. The van der Waals surface area contributed by atoms with Crippen LogP contribution in [0.25, 0.3) is 0 Å². The Hall–Kier alpha value is -0.360. The molecule has 7 heteroatoms. The molecule has 0 spiro atoms. The van der Waals surface area contributed by atoms with Crippen molar-refractivity contribution in [2.75, 3.05) is 19.6 Å². The average molecular weight is 382 g/mol. The number of carbonyl (C=O) groups excluding carboxylic acids is 1. The number of halogens is 2. The monoisotopic (exact) mass is 381 g/mol. The van der Waals surface area contributed by atoms with Gasteiger partial charge in [-0.2, -0.15) is 0 Å². The van der Waals surface area contributed by atoms with Gasteiger partial charge in [-0.25, -0.2) is 4.98 Å². The van der Waals surface area contributed by atoms with Crippen molar-refractivity contribution in [1.82, 2.24) is 15.2 Å². The van der Waals surface area contributed by atoms with Crippen LogP contribution in [-0.4, -0.2) is 41.5 Å². The van der Waals surface area contributed by atoms with E-state index in [2.05, 4.69) is 29.0 Å². The first-order valence-electron chi connectivity index (χ1n) is 8.15. The van der Waals surface area contributed by atoms with Crippen LogP contribution >= 0.6 is 36.2 Å². The third kappa shape index (κ3) is 5.89. The standard InChI is InChI=1S/C16H27N3OS.2ClH/c1-4-6-14-18-12(3)15(21-14)16(20)19(11-5-2)13-7-9-17-10-8-13;;/h13,17H,4-11H2,1-3H3;2*1H. The van der Waals surface area contributed by atoms with Gasteiger partial charge in [-0.3, -0.25) is 4.79 Å². The van der Waals surface area contributed by atoms with Crippen LogP contribution in [0.1, 0.15) is 59.9 Å². The van der Waals surface area contributed by atoms with E-state index in [1.165, 1.54) is 0 Å². The van der Waals surface area contributed by atoms with Crippen LogP contribution in [0, 0.1) is 6.92 Å². The summed E-state index contributed by atoms with van der Waals surface area (Å²) in [6.45, 7) is 9.14. The molecule has 0 aliphatic carbocycles. The fourth-order valence-corrected chi connectivity index (χ4v) is 4.03. The van der Waals surface area contributed by atoms with Gasteiger partial charge in [-0.1, -0.05) is 13.8 Å². The molecule has 4 nitrogen and oxygen atoms in total. The molecule has 0 unspecified atom stereocenters. The Morgan fingerprint density at radius 2 is 1.91 bits per heavy atom. The number of hydrogen-bond donors (Lipinski definition) is 1. The number of thiazole rings is 1. The quantitative estimate of drug-likeness (QED) is 0.813. The number of rotatable bonds is 6. The zero-order valence-corrected chi connectivity index (χ0v) is 16.7. The van der Waals surface area contributed by atoms with Gasteiger partial charge in [0, 0.05) is 12.6 Å². The molecular formula is C16H29Cl2N3OS. The van der Waals surface area contributed by atoms with Gasteiger partial charge in [0.1, 0.15) is 4.88 Å². The number of nitrogens with one attached hydrogen (secondary N) is 1. The van der Waals surface area contributed by atoms with Gasteiger partial charge in [0.15, 0.2) is 0 Å². The van der Waals surface area contributed by atoms with E-state index in [1.807, 2.05) is 6.92 Å². The first-order chi connectivity index (χ1) is 10.2. The SMILES string of the molecule is CCCc1nc(C)c(C(=O)N(CCC)C2CCNCC2)s1.Cl.Cl. The van der Waals surface area contributed by atoms with Gasteiger partial charge in [0.05, 0.1) is 10.7 Å². The van der Waals surface area contributed by atoms with Crippen molar-refractivity contribution in [3.8, 4) is 0 Å². The Balaban J connectivity index is 0.00000242. The lowest BCUT2D eigenvalue weighted by Gasteiger charge is -2.34. The number of amides is 1. The molecule has 23 heavy (non-hydrogen) atoms. The van der Waals surface area contributed by atoms with Crippen LogP contribution < -0.4 is 5.32 Å². The summed E-state index contributed by atoms with van der Waals surface area (Å²) in [6, 6.07) is 0.384. The van der Waals surface area contributed by atoms with Crippen LogP contribution in [0.15, 0.2) is 0 Å². The summed E-state index contributed by atoms with van der Waals surface area (Å²) < 4.78 is 0. The number of nitrogens with zero attached hydrogens (tertiary/aromatic N) is 2. The first-order valence-corrected chi connectivity index (χ1v) is 8.97. The highest BCUT2D eigenvalue weighted by molar-refractivity contribution is 7.13. The molecule has 0 radical (unpaired) electrons. The molecule has 134 valence electrons. The van der Waals surface area contributed by atoms with Gasteiger partial charge < -0.3 is 10.2 Å². The van der Waals surface area contributed by atoms with E-state index in [0.29, 0.717) is 6.04 Å². The molecule has 1 N–H and O–H groups in total. The maximum Gasteiger partial charge on any atom is 0.266 e. The van der Waals surface area contributed by atoms with Crippen molar-refractivity contribution < 1.29 is 4.79 Å². The minimum Gasteiger partial charge on any atom is -0.335 e. The molecule has 0 saturated carbocycles. The molecule has 1 aliphatic rings. The van der Waals surface area contributed by atoms with Crippen molar-refractivity contribution in [2.24, 2.45) is 0 Å². The van der Waals surface area contributed by atoms with Gasteiger partial charge in [0.2, 0.25) is 0 Å². The van der Waals surface area contributed by atoms with Crippen LogP contribution in [0.3, 0.4) is 0 Å². The molecule has 0 atom stereocenters. The van der Waals surface area contributed by atoms with Crippen molar-refractivity contribution in [1.29, 1.82) is 0 Å². The molecule has 1 aromatic rings. The Labute approximate surface area is 156 Å². The first kappa shape index (κ1) is 22.6. The van der Waals surface area contributed by atoms with E-state index in [0.717, 1.165) is 67.3 Å². The second kappa shape index (κ2) is 11.2. The summed E-state index contributed by atoms with van der Waals surface area (Å²) in [4.78, 5) is 20.5. The molecule has 1 aromatic heterocycles. The molecule has 0 bridgehead atoms. The van der Waals surface area contributed by atoms with Gasteiger partial charge in [0.25, 0.3) is 5.91 Å². The maximum atomic E-state index is 12.9. The Bertz CT molecular complexity index is 476. The topological polar surface area (TPSA) is 45.2 Å². The van der Waals surface area contributed by atoms with Crippen LogP contribution in [0.2, 0.25) is 0 Å². The van der Waals surface area contributed by atoms with Crippen molar-refractivity contribution in [2.45, 2.75) is 58.9 Å². The fourth-order valence-electron chi connectivity index (χ4n) is 2.91. The minimum absolute atomic E-state index is 0. The molecule has 1 aliphatic heterocycles. The molecular weight excluding hydrogens is 353 g/mol. The second-order valence-electron chi connectivity index (χ2n) is 5.75. The highest BCUT2D eigenvalue weighted by Gasteiger charge is 2.28. The molecule has 0 aromatic carbocycles. The molecule has 1 amide bonds. The average Bonchev–Trinajstić information content (AvgIpc) is 2.86. The predicted molar refractivity (Wildman–Crippen MR) is 103 cm³/mol. The van der Waals surface area contributed by atoms with Crippen molar-refractivity contribution in [3.05, 3.63) is 15.6 Å². The Morgan fingerprint density at radius 1 is 1.26 bits per heavy atom. The molecule has 2 rings (SSSR count). The summed E-state index contributed by atoms with van der Waals surface area (Å²) >= 11 is 1.59. The zero-order valence-electron chi connectivity index (χ0n) is 14.3. The van der Waals surface area contributed by atoms with Gasteiger partial charge in [-0.05, 0) is 52.1 Å².